The van der Waals surface area contributed by atoms with Crippen LogP contribution in [0.2, 0.25) is 0 Å². The molecule has 1 aromatic rings. The third kappa shape index (κ3) is 2.39. The summed E-state index contributed by atoms with van der Waals surface area (Å²) in [5.41, 5.74) is 2.86. The molecule has 0 fully saturated rings. The molecular formula is C10H11Cl. The van der Waals surface area contributed by atoms with Crippen LogP contribution in [0.4, 0.5) is 0 Å². The van der Waals surface area contributed by atoms with Gasteiger partial charge in [-0.2, -0.15) is 0 Å². The lowest BCUT2D eigenvalue weighted by Crippen LogP contribution is -1.86. The van der Waals surface area contributed by atoms with Crippen LogP contribution >= 0.6 is 11.6 Å². The zero-order valence-electron chi connectivity index (χ0n) is 6.50. The molecule has 1 heteroatoms. The Morgan fingerprint density at radius 2 is 1.91 bits per heavy atom. The second kappa shape index (κ2) is 4.20. The number of benzene rings is 1. The van der Waals surface area contributed by atoms with Crippen LogP contribution in [0.15, 0.2) is 41.9 Å². The quantitative estimate of drug-likeness (QED) is 0.631. The van der Waals surface area contributed by atoms with Crippen molar-refractivity contribution in [2.75, 3.05) is 0 Å². The number of hydrogen-bond donors (Lipinski definition) is 0. The molecule has 0 spiro atoms. The van der Waals surface area contributed by atoms with Gasteiger partial charge in [-0.1, -0.05) is 54.9 Å². The Labute approximate surface area is 72.5 Å². The van der Waals surface area contributed by atoms with Crippen LogP contribution in [0.25, 0.3) is 0 Å². The van der Waals surface area contributed by atoms with E-state index in [-0.39, 0.29) is 0 Å². The largest absolute Gasteiger partial charge is 0.0933 e. The van der Waals surface area contributed by atoms with E-state index < -0.39 is 0 Å². The Morgan fingerprint density at radius 3 is 2.45 bits per heavy atom. The Morgan fingerprint density at radius 1 is 1.27 bits per heavy atom. The third-order valence-electron chi connectivity index (χ3n) is 1.69. The Balaban J connectivity index is 2.76. The minimum absolute atomic E-state index is 0.411. The first-order valence-corrected chi connectivity index (χ1v) is 4.10. The van der Waals surface area contributed by atoms with Crippen molar-refractivity contribution in [3.8, 4) is 0 Å². The van der Waals surface area contributed by atoms with Gasteiger partial charge in [-0.3, -0.25) is 0 Å². The maximum absolute atomic E-state index is 5.47. The van der Waals surface area contributed by atoms with Crippen molar-refractivity contribution in [3.05, 3.63) is 47.5 Å². The van der Waals surface area contributed by atoms with E-state index in [1.54, 1.807) is 5.54 Å². The molecular weight excluding hydrogens is 156 g/mol. The molecule has 1 unspecified atom stereocenters. The first kappa shape index (κ1) is 8.35. The molecule has 1 aromatic carbocycles. The molecule has 0 aromatic heterocycles. The molecule has 0 saturated heterocycles. The lowest BCUT2D eigenvalue weighted by atomic mass is 10.0. The van der Waals surface area contributed by atoms with Crippen molar-refractivity contribution in [3.63, 3.8) is 0 Å². The van der Waals surface area contributed by atoms with Gasteiger partial charge in [0.05, 0.1) is 0 Å². The molecule has 0 saturated carbocycles. The normalized spacial score (nSPS) is 13.6. The minimum atomic E-state index is 0.411. The second-order valence-corrected chi connectivity index (χ2v) is 2.77. The van der Waals surface area contributed by atoms with E-state index in [4.69, 9.17) is 11.6 Å². The van der Waals surface area contributed by atoms with E-state index in [0.717, 1.165) is 0 Å². The van der Waals surface area contributed by atoms with Gasteiger partial charge in [0.2, 0.25) is 0 Å². The predicted octanol–water partition coefficient (Wildman–Crippen LogP) is 3.54. The van der Waals surface area contributed by atoms with Crippen LogP contribution in [-0.2, 0) is 0 Å². The zero-order valence-corrected chi connectivity index (χ0v) is 7.25. The summed E-state index contributed by atoms with van der Waals surface area (Å²) in [5, 5.41) is 0. The van der Waals surface area contributed by atoms with Gasteiger partial charge in [0.25, 0.3) is 0 Å². The second-order valence-electron chi connectivity index (χ2n) is 2.52. The van der Waals surface area contributed by atoms with Crippen LogP contribution in [0.5, 0.6) is 0 Å². The third-order valence-corrected chi connectivity index (χ3v) is 1.83. The van der Waals surface area contributed by atoms with Crippen LogP contribution in [0.3, 0.4) is 0 Å². The smallest absolute Gasteiger partial charge is 0.000851 e. The van der Waals surface area contributed by atoms with Gasteiger partial charge in [0, 0.05) is 11.5 Å². The van der Waals surface area contributed by atoms with E-state index in [0.29, 0.717) is 5.92 Å². The first-order chi connectivity index (χ1) is 5.34. The Bertz CT molecular complexity index is 226. The van der Waals surface area contributed by atoms with Gasteiger partial charge < -0.3 is 0 Å². The zero-order chi connectivity index (χ0) is 8.10. The molecule has 58 valence electrons. The standard InChI is InChI=1S/C10H11Cl/c1-9(7-8-11)10-5-3-2-4-6-10/h2-9H,1H3/b8-7+. The summed E-state index contributed by atoms with van der Waals surface area (Å²) < 4.78 is 0. The first-order valence-electron chi connectivity index (χ1n) is 3.66. The number of allylic oxidation sites excluding steroid dienone is 1. The number of rotatable bonds is 2. The molecule has 0 N–H and O–H groups in total. The molecule has 0 aliphatic heterocycles. The van der Waals surface area contributed by atoms with Crippen molar-refractivity contribution in [2.45, 2.75) is 12.8 Å². The fraction of sp³-hybridized carbons (Fsp3) is 0.200. The molecule has 0 radical (unpaired) electrons. The molecule has 0 aliphatic carbocycles. The van der Waals surface area contributed by atoms with Crippen molar-refractivity contribution in [1.82, 2.24) is 0 Å². The van der Waals surface area contributed by atoms with E-state index in [1.165, 1.54) is 5.56 Å². The van der Waals surface area contributed by atoms with Crippen LogP contribution in [0, 0.1) is 0 Å². The Hall–Kier alpha value is -0.750. The van der Waals surface area contributed by atoms with Crippen molar-refractivity contribution in [2.24, 2.45) is 0 Å². The van der Waals surface area contributed by atoms with Crippen molar-refractivity contribution < 1.29 is 0 Å². The van der Waals surface area contributed by atoms with Gasteiger partial charge in [0.1, 0.15) is 0 Å². The van der Waals surface area contributed by atoms with Crippen molar-refractivity contribution in [1.29, 1.82) is 0 Å². The summed E-state index contributed by atoms with van der Waals surface area (Å²) in [7, 11) is 0. The molecule has 1 rings (SSSR count). The molecule has 0 nitrogen and oxygen atoms in total. The summed E-state index contributed by atoms with van der Waals surface area (Å²) in [6, 6.07) is 10.3. The molecule has 0 bridgehead atoms. The highest BCUT2D eigenvalue weighted by molar-refractivity contribution is 6.25. The highest BCUT2D eigenvalue weighted by atomic mass is 35.5. The molecule has 11 heavy (non-hydrogen) atoms. The summed E-state index contributed by atoms with van der Waals surface area (Å²) in [6.45, 7) is 2.12. The van der Waals surface area contributed by atoms with Gasteiger partial charge in [-0.25, -0.2) is 0 Å². The minimum Gasteiger partial charge on any atom is -0.0933 e. The predicted molar refractivity (Wildman–Crippen MR) is 49.9 cm³/mol. The van der Waals surface area contributed by atoms with Crippen LogP contribution < -0.4 is 0 Å². The highest BCUT2D eigenvalue weighted by Crippen LogP contribution is 2.15. The van der Waals surface area contributed by atoms with Gasteiger partial charge in [-0.05, 0) is 5.56 Å². The number of halogens is 1. The Kier molecular flexibility index (Phi) is 3.18. The average molecular weight is 167 g/mol. The van der Waals surface area contributed by atoms with Crippen molar-refractivity contribution >= 4 is 11.6 Å². The maximum Gasteiger partial charge on any atom is 0.000851 e. The van der Waals surface area contributed by atoms with Crippen LogP contribution in [-0.4, -0.2) is 0 Å². The molecule has 0 amide bonds. The topological polar surface area (TPSA) is 0 Å². The van der Waals surface area contributed by atoms with Crippen LogP contribution in [0.1, 0.15) is 18.4 Å². The fourth-order valence-electron chi connectivity index (χ4n) is 0.977. The maximum atomic E-state index is 5.47. The van der Waals surface area contributed by atoms with E-state index in [9.17, 15) is 0 Å². The summed E-state index contributed by atoms with van der Waals surface area (Å²) >= 11 is 5.47. The summed E-state index contributed by atoms with van der Waals surface area (Å²) in [5.74, 6) is 0.411. The van der Waals surface area contributed by atoms with E-state index in [2.05, 4.69) is 19.1 Å². The monoisotopic (exact) mass is 166 g/mol. The molecule has 1 atom stereocenters. The SMILES string of the molecule is CC(/C=C/Cl)c1ccccc1. The molecule has 0 aliphatic rings. The molecule has 0 heterocycles. The lowest BCUT2D eigenvalue weighted by Gasteiger charge is -2.03. The van der Waals surface area contributed by atoms with Gasteiger partial charge >= 0.3 is 0 Å². The average Bonchev–Trinajstić information content (AvgIpc) is 2.07. The lowest BCUT2D eigenvalue weighted by molar-refractivity contribution is 0.970. The highest BCUT2D eigenvalue weighted by Gasteiger charge is 1.97. The summed E-state index contributed by atoms with van der Waals surface area (Å²) in [6.07, 6.45) is 1.97. The number of hydrogen-bond acceptors (Lipinski definition) is 0. The van der Waals surface area contributed by atoms with E-state index in [1.807, 2.05) is 24.3 Å². The fourth-order valence-corrected chi connectivity index (χ4v) is 1.20. The van der Waals surface area contributed by atoms with Gasteiger partial charge in [0.15, 0.2) is 0 Å². The van der Waals surface area contributed by atoms with Gasteiger partial charge in [-0.15, -0.1) is 0 Å². The summed E-state index contributed by atoms with van der Waals surface area (Å²) in [4.78, 5) is 0. The van der Waals surface area contributed by atoms with E-state index >= 15 is 0 Å².